The van der Waals surface area contributed by atoms with E-state index in [2.05, 4.69) is 5.32 Å². The number of hydrogen-bond acceptors (Lipinski definition) is 4. The van der Waals surface area contributed by atoms with Crippen LogP contribution in [-0.4, -0.2) is 31.2 Å². The maximum absolute atomic E-state index is 11.8. The molecule has 1 aromatic rings. The van der Waals surface area contributed by atoms with Crippen molar-refractivity contribution in [2.45, 2.75) is 13.0 Å². The van der Waals surface area contributed by atoms with Crippen molar-refractivity contribution in [3.8, 4) is 0 Å². The Morgan fingerprint density at radius 1 is 1.59 bits per heavy atom. The highest BCUT2D eigenvalue weighted by Gasteiger charge is 2.18. The fraction of sp³-hybridized carbons (Fsp3) is 0.364. The van der Waals surface area contributed by atoms with Crippen LogP contribution in [0.5, 0.6) is 0 Å². The van der Waals surface area contributed by atoms with E-state index in [1.807, 2.05) is 0 Å². The minimum absolute atomic E-state index is 0.207. The molecule has 6 heteroatoms. The zero-order chi connectivity index (χ0) is 13.0. The maximum atomic E-state index is 11.8. The second kappa shape index (κ2) is 5.86. The van der Waals surface area contributed by atoms with Gasteiger partial charge in [0.05, 0.1) is 17.8 Å². The van der Waals surface area contributed by atoms with E-state index < -0.39 is 6.04 Å². The molecule has 0 aliphatic carbocycles. The van der Waals surface area contributed by atoms with Gasteiger partial charge in [-0.15, -0.1) is 0 Å². The lowest BCUT2D eigenvalue weighted by atomic mass is 10.2. The van der Waals surface area contributed by atoms with Crippen LogP contribution in [0.4, 0.5) is 11.4 Å². The van der Waals surface area contributed by atoms with Gasteiger partial charge in [-0.2, -0.15) is 5.06 Å². The molecule has 94 valence electrons. The Morgan fingerprint density at radius 3 is 2.76 bits per heavy atom. The lowest BCUT2D eigenvalue weighted by Crippen LogP contribution is -2.38. The summed E-state index contributed by atoms with van der Waals surface area (Å²) in [7, 11) is 3.18. The standard InChI is InChI=1S/C11H16ClN3O2/c1-7(15(2)17-3)11(16)14-10-5-4-8(13)6-9(10)12/h4-7H,13H2,1-3H3,(H,14,16). The number of nitrogens with one attached hydrogen (secondary N) is 1. The summed E-state index contributed by atoms with van der Waals surface area (Å²) >= 11 is 5.95. The van der Waals surface area contributed by atoms with Gasteiger partial charge in [-0.3, -0.25) is 4.79 Å². The number of carbonyl (C=O) groups excluding carboxylic acids is 1. The van der Waals surface area contributed by atoms with Gasteiger partial charge in [-0.05, 0) is 25.1 Å². The largest absolute Gasteiger partial charge is 0.399 e. The zero-order valence-electron chi connectivity index (χ0n) is 10.0. The van der Waals surface area contributed by atoms with E-state index in [4.69, 9.17) is 22.2 Å². The fourth-order valence-corrected chi connectivity index (χ4v) is 1.43. The highest BCUT2D eigenvalue weighted by Crippen LogP contribution is 2.24. The first-order valence-electron chi connectivity index (χ1n) is 5.08. The van der Waals surface area contributed by atoms with Crippen LogP contribution in [0.3, 0.4) is 0 Å². The first-order valence-corrected chi connectivity index (χ1v) is 5.46. The molecule has 1 atom stereocenters. The average Bonchev–Trinajstić information content (AvgIpc) is 2.30. The third-order valence-electron chi connectivity index (χ3n) is 2.46. The number of nitrogens with two attached hydrogens (primary N) is 1. The van der Waals surface area contributed by atoms with Gasteiger partial charge in [0.1, 0.15) is 6.04 Å². The van der Waals surface area contributed by atoms with Gasteiger partial charge in [-0.1, -0.05) is 11.6 Å². The molecule has 5 nitrogen and oxygen atoms in total. The molecule has 0 spiro atoms. The molecule has 1 unspecified atom stereocenters. The Hall–Kier alpha value is -1.30. The predicted molar refractivity (Wildman–Crippen MR) is 68.7 cm³/mol. The number of benzene rings is 1. The van der Waals surface area contributed by atoms with Crippen molar-refractivity contribution in [1.82, 2.24) is 5.06 Å². The van der Waals surface area contributed by atoms with Gasteiger partial charge in [0.15, 0.2) is 0 Å². The minimum atomic E-state index is -0.423. The number of hydroxylamine groups is 2. The van der Waals surface area contributed by atoms with Crippen LogP contribution in [0, 0.1) is 0 Å². The van der Waals surface area contributed by atoms with Crippen molar-refractivity contribution in [2.24, 2.45) is 0 Å². The van der Waals surface area contributed by atoms with Gasteiger partial charge < -0.3 is 15.9 Å². The molecule has 0 heterocycles. The van der Waals surface area contributed by atoms with E-state index in [1.54, 1.807) is 32.2 Å². The first-order chi connectivity index (χ1) is 7.95. The smallest absolute Gasteiger partial charge is 0.243 e. The number of likely N-dealkylation sites (N-methyl/N-ethyl adjacent to an activating group) is 1. The molecular weight excluding hydrogens is 242 g/mol. The Labute approximate surface area is 105 Å². The summed E-state index contributed by atoms with van der Waals surface area (Å²) in [4.78, 5) is 16.8. The fourth-order valence-electron chi connectivity index (χ4n) is 1.19. The van der Waals surface area contributed by atoms with Crippen LogP contribution in [0.15, 0.2) is 18.2 Å². The molecule has 0 saturated heterocycles. The molecule has 0 aromatic heterocycles. The summed E-state index contributed by atoms with van der Waals surface area (Å²) in [5, 5.41) is 4.56. The number of carbonyl (C=O) groups is 1. The highest BCUT2D eigenvalue weighted by atomic mass is 35.5. The van der Waals surface area contributed by atoms with Crippen LogP contribution >= 0.6 is 11.6 Å². The number of hydrogen-bond donors (Lipinski definition) is 2. The topological polar surface area (TPSA) is 67.6 Å². The number of anilines is 2. The number of nitrogen functional groups attached to an aromatic ring is 1. The number of halogens is 1. The summed E-state index contributed by atoms with van der Waals surface area (Å²) in [6.07, 6.45) is 0. The van der Waals surface area contributed by atoms with Crippen LogP contribution < -0.4 is 11.1 Å². The van der Waals surface area contributed by atoms with E-state index in [9.17, 15) is 4.79 Å². The van der Waals surface area contributed by atoms with Crippen LogP contribution in [0.1, 0.15) is 6.92 Å². The Bertz CT molecular complexity index is 412. The lowest BCUT2D eigenvalue weighted by molar-refractivity contribution is -0.154. The molecule has 1 aromatic carbocycles. The molecule has 0 aliphatic heterocycles. The van der Waals surface area contributed by atoms with Crippen molar-refractivity contribution < 1.29 is 9.63 Å². The molecule has 3 N–H and O–H groups in total. The van der Waals surface area contributed by atoms with Crippen molar-refractivity contribution in [3.63, 3.8) is 0 Å². The summed E-state index contributed by atoms with van der Waals surface area (Å²) < 4.78 is 0. The molecule has 0 saturated carbocycles. The Morgan fingerprint density at radius 2 is 2.24 bits per heavy atom. The summed E-state index contributed by atoms with van der Waals surface area (Å²) in [5.41, 5.74) is 6.64. The first kappa shape index (κ1) is 13.8. The van der Waals surface area contributed by atoms with Gasteiger partial charge in [0.2, 0.25) is 5.91 Å². The van der Waals surface area contributed by atoms with Crippen LogP contribution in [0.25, 0.3) is 0 Å². The van der Waals surface area contributed by atoms with Gasteiger partial charge in [0.25, 0.3) is 0 Å². The molecule has 1 rings (SSSR count). The molecule has 1 amide bonds. The van der Waals surface area contributed by atoms with E-state index >= 15 is 0 Å². The lowest BCUT2D eigenvalue weighted by Gasteiger charge is -2.21. The molecule has 0 fully saturated rings. The predicted octanol–water partition coefficient (Wildman–Crippen LogP) is 1.74. The molecule has 17 heavy (non-hydrogen) atoms. The Balaban J connectivity index is 2.74. The molecule has 0 bridgehead atoms. The van der Waals surface area contributed by atoms with Crippen LogP contribution in [-0.2, 0) is 9.63 Å². The van der Waals surface area contributed by atoms with E-state index in [0.29, 0.717) is 16.4 Å². The molecular formula is C11H16ClN3O2. The van der Waals surface area contributed by atoms with Crippen molar-refractivity contribution in [1.29, 1.82) is 0 Å². The normalized spacial score (nSPS) is 12.5. The minimum Gasteiger partial charge on any atom is -0.399 e. The zero-order valence-corrected chi connectivity index (χ0v) is 10.8. The third kappa shape index (κ3) is 3.59. The molecule has 0 aliphatic rings. The van der Waals surface area contributed by atoms with Gasteiger partial charge >= 0.3 is 0 Å². The average molecular weight is 258 g/mol. The summed E-state index contributed by atoms with van der Waals surface area (Å²) in [5.74, 6) is -0.207. The highest BCUT2D eigenvalue weighted by molar-refractivity contribution is 6.34. The van der Waals surface area contributed by atoms with Gasteiger partial charge in [0, 0.05) is 12.7 Å². The number of amides is 1. The monoisotopic (exact) mass is 257 g/mol. The van der Waals surface area contributed by atoms with Crippen molar-refractivity contribution in [2.75, 3.05) is 25.2 Å². The maximum Gasteiger partial charge on any atom is 0.243 e. The van der Waals surface area contributed by atoms with E-state index in [1.165, 1.54) is 12.2 Å². The number of rotatable bonds is 4. The summed E-state index contributed by atoms with van der Waals surface area (Å²) in [6.45, 7) is 1.73. The summed E-state index contributed by atoms with van der Waals surface area (Å²) in [6, 6.07) is 4.50. The quantitative estimate of drug-likeness (QED) is 0.637. The molecule has 0 radical (unpaired) electrons. The van der Waals surface area contributed by atoms with Crippen molar-refractivity contribution in [3.05, 3.63) is 23.2 Å². The van der Waals surface area contributed by atoms with Crippen molar-refractivity contribution >= 4 is 28.9 Å². The van der Waals surface area contributed by atoms with Gasteiger partial charge in [-0.25, -0.2) is 0 Å². The van der Waals surface area contributed by atoms with Crippen LogP contribution in [0.2, 0.25) is 5.02 Å². The van der Waals surface area contributed by atoms with E-state index in [-0.39, 0.29) is 5.91 Å². The second-order valence-corrected chi connectivity index (χ2v) is 4.04. The SMILES string of the molecule is CON(C)C(C)C(=O)Nc1ccc(N)cc1Cl. The Kier molecular flexibility index (Phi) is 4.74. The van der Waals surface area contributed by atoms with E-state index in [0.717, 1.165) is 0 Å². The second-order valence-electron chi connectivity index (χ2n) is 3.63. The number of nitrogens with zero attached hydrogens (tertiary/aromatic N) is 1. The third-order valence-corrected chi connectivity index (χ3v) is 2.78.